The topological polar surface area (TPSA) is 17.4 Å². The van der Waals surface area contributed by atoms with Gasteiger partial charge < -0.3 is 14.2 Å². The molecule has 222 valence electrons. The molecule has 2 aliphatic heterocycles. The summed E-state index contributed by atoms with van der Waals surface area (Å²) < 4.78 is 9.31. The third-order valence-electron chi connectivity index (χ3n) is 9.63. The molecule has 3 nitrogen and oxygen atoms in total. The zero-order valence-corrected chi connectivity index (χ0v) is 26.8. The molecule has 0 radical (unpaired) electrons. The maximum atomic E-state index is 6.85. The van der Waals surface area contributed by atoms with Crippen molar-refractivity contribution in [1.29, 1.82) is 0 Å². The fraction of sp³-hybridized carbons (Fsp3) is 0.171. The van der Waals surface area contributed by atoms with Gasteiger partial charge in [0.05, 0.1) is 0 Å². The van der Waals surface area contributed by atoms with Crippen LogP contribution in [0.1, 0.15) is 39.8 Å². The van der Waals surface area contributed by atoms with Crippen LogP contribution in [-0.2, 0) is 0 Å². The molecule has 0 bridgehead atoms. The molecule has 0 aliphatic carbocycles. The number of anilines is 1. The Kier molecular flexibility index (Phi) is 7.37. The molecular formula is C41H39BN2O. The van der Waals surface area contributed by atoms with Crippen molar-refractivity contribution in [3.8, 4) is 16.9 Å². The van der Waals surface area contributed by atoms with E-state index in [0.717, 1.165) is 29.3 Å². The van der Waals surface area contributed by atoms with Crippen molar-refractivity contribution < 1.29 is 4.74 Å². The van der Waals surface area contributed by atoms with Gasteiger partial charge in [0.2, 0.25) is 0 Å². The fourth-order valence-electron chi connectivity index (χ4n) is 7.45. The predicted octanol–water partition coefficient (Wildman–Crippen LogP) is 9.26. The SMILES string of the molecule is C=C(/C=C1/Oc2ccccc2B2C1=C(C)n1c(C)c(-c3ccccc3)c3cccc2c31)N(/C(=C/C)C(C)CC)c1ccccc1. The molecule has 1 atom stereocenters. The number of ether oxygens (including phenoxy) is 1. The highest BCUT2D eigenvalue weighted by molar-refractivity contribution is 6.95. The van der Waals surface area contributed by atoms with Crippen molar-refractivity contribution in [2.75, 3.05) is 4.90 Å². The van der Waals surface area contributed by atoms with E-state index in [1.807, 2.05) is 0 Å². The van der Waals surface area contributed by atoms with E-state index in [0.29, 0.717) is 5.92 Å². The zero-order chi connectivity index (χ0) is 31.2. The van der Waals surface area contributed by atoms with E-state index in [2.05, 4.69) is 166 Å². The van der Waals surface area contributed by atoms with Gasteiger partial charge in [-0.25, -0.2) is 0 Å². The molecule has 0 amide bonds. The van der Waals surface area contributed by atoms with E-state index < -0.39 is 0 Å². The molecule has 0 fully saturated rings. The lowest BCUT2D eigenvalue weighted by Gasteiger charge is -2.36. The van der Waals surface area contributed by atoms with Gasteiger partial charge in [0.1, 0.15) is 11.5 Å². The van der Waals surface area contributed by atoms with Crippen LogP contribution >= 0.6 is 0 Å². The Morgan fingerprint density at radius 2 is 1.56 bits per heavy atom. The number of rotatable bonds is 7. The maximum absolute atomic E-state index is 6.85. The van der Waals surface area contributed by atoms with Crippen molar-refractivity contribution in [3.63, 3.8) is 0 Å². The molecule has 45 heavy (non-hydrogen) atoms. The second-order valence-corrected chi connectivity index (χ2v) is 12.2. The molecular weight excluding hydrogens is 547 g/mol. The largest absolute Gasteiger partial charge is 0.458 e. The fourth-order valence-corrected chi connectivity index (χ4v) is 7.45. The Morgan fingerprint density at radius 3 is 2.27 bits per heavy atom. The van der Waals surface area contributed by atoms with Gasteiger partial charge in [-0.15, -0.1) is 0 Å². The number of aromatic nitrogens is 1. The Bertz CT molecular complexity index is 2030. The van der Waals surface area contributed by atoms with E-state index in [1.54, 1.807) is 0 Å². The molecule has 4 heteroatoms. The monoisotopic (exact) mass is 586 g/mol. The third kappa shape index (κ3) is 4.59. The quantitative estimate of drug-likeness (QED) is 0.177. The van der Waals surface area contributed by atoms with E-state index in [4.69, 9.17) is 4.74 Å². The average Bonchev–Trinajstić information content (AvgIpc) is 3.38. The predicted molar refractivity (Wildman–Crippen MR) is 192 cm³/mol. The van der Waals surface area contributed by atoms with Gasteiger partial charge in [-0.1, -0.05) is 111 Å². The van der Waals surface area contributed by atoms with Crippen LogP contribution in [0.5, 0.6) is 5.75 Å². The van der Waals surface area contributed by atoms with Crippen molar-refractivity contribution in [3.05, 3.63) is 150 Å². The van der Waals surface area contributed by atoms with Crippen molar-refractivity contribution >= 4 is 39.9 Å². The summed E-state index contributed by atoms with van der Waals surface area (Å²) in [5.41, 5.74) is 13.1. The average molecular weight is 587 g/mol. The van der Waals surface area contributed by atoms with Crippen molar-refractivity contribution in [2.45, 2.75) is 41.0 Å². The highest BCUT2D eigenvalue weighted by Crippen LogP contribution is 2.42. The molecule has 4 aromatic carbocycles. The van der Waals surface area contributed by atoms with E-state index >= 15 is 0 Å². The molecule has 7 rings (SSSR count). The van der Waals surface area contributed by atoms with Crippen LogP contribution in [0.4, 0.5) is 5.69 Å². The first kappa shape index (κ1) is 28.8. The minimum absolute atomic E-state index is 0.0454. The van der Waals surface area contributed by atoms with Gasteiger partial charge in [-0.3, -0.25) is 0 Å². The molecule has 0 spiro atoms. The number of hydrogen-bond acceptors (Lipinski definition) is 2. The molecule has 0 saturated heterocycles. The van der Waals surface area contributed by atoms with E-state index in [-0.39, 0.29) is 6.71 Å². The summed E-state index contributed by atoms with van der Waals surface area (Å²) in [6.45, 7) is 15.9. The summed E-state index contributed by atoms with van der Waals surface area (Å²) >= 11 is 0. The number of para-hydroxylation sites is 3. The van der Waals surface area contributed by atoms with Crippen LogP contribution in [0, 0.1) is 12.8 Å². The molecule has 2 aliphatic rings. The molecule has 0 saturated carbocycles. The molecule has 5 aromatic rings. The van der Waals surface area contributed by atoms with Crippen LogP contribution in [0.2, 0.25) is 0 Å². The van der Waals surface area contributed by atoms with Crippen LogP contribution in [-0.4, -0.2) is 11.3 Å². The zero-order valence-electron chi connectivity index (χ0n) is 26.8. The first-order valence-corrected chi connectivity index (χ1v) is 16.0. The van der Waals surface area contributed by atoms with Gasteiger partial charge in [-0.2, -0.15) is 0 Å². The van der Waals surface area contributed by atoms with E-state index in [9.17, 15) is 0 Å². The first-order chi connectivity index (χ1) is 21.9. The summed E-state index contributed by atoms with van der Waals surface area (Å²) in [7, 11) is 0. The maximum Gasteiger partial charge on any atom is 0.255 e. The lowest BCUT2D eigenvalue weighted by molar-refractivity contribution is 0.439. The minimum atomic E-state index is 0.0454. The lowest BCUT2D eigenvalue weighted by Crippen LogP contribution is -2.51. The van der Waals surface area contributed by atoms with Gasteiger partial charge in [0.15, 0.2) is 0 Å². The smallest absolute Gasteiger partial charge is 0.255 e. The molecule has 0 N–H and O–H groups in total. The highest BCUT2D eigenvalue weighted by Gasteiger charge is 2.41. The Hall–Kier alpha value is -4.96. The van der Waals surface area contributed by atoms with Gasteiger partial charge in [-0.05, 0) is 73.3 Å². The Labute approximate surface area is 267 Å². The minimum Gasteiger partial charge on any atom is -0.458 e. The van der Waals surface area contributed by atoms with Crippen LogP contribution < -0.4 is 20.6 Å². The van der Waals surface area contributed by atoms with Crippen molar-refractivity contribution in [1.82, 2.24) is 4.57 Å². The Morgan fingerprint density at radius 1 is 0.889 bits per heavy atom. The number of allylic oxidation sites excluding steroid dienone is 5. The standard InChI is InChI=1S/C41H39BN2O/c1-7-27(3)36(8-2)43(32-20-13-10-14-21-32)28(4)26-38-40-30(6)44-29(5)39(31-18-11-9-12-19-31)33-22-17-24-35(41(33)44)42(40)34-23-15-16-25-37(34)45-38/h8-27H,4,7H2,1-3,5-6H3/b36-8+,38-26+. The first-order valence-electron chi connectivity index (χ1n) is 16.0. The second kappa shape index (κ2) is 11.5. The number of nitrogens with zero attached hydrogens (tertiary/aromatic N) is 2. The molecule has 1 aromatic heterocycles. The third-order valence-corrected chi connectivity index (χ3v) is 9.63. The van der Waals surface area contributed by atoms with Gasteiger partial charge in [0.25, 0.3) is 6.71 Å². The van der Waals surface area contributed by atoms with E-state index in [1.165, 1.54) is 55.5 Å². The Balaban J connectivity index is 1.47. The summed E-state index contributed by atoms with van der Waals surface area (Å²) in [5, 5.41) is 1.29. The van der Waals surface area contributed by atoms with Gasteiger partial charge >= 0.3 is 0 Å². The summed E-state index contributed by atoms with van der Waals surface area (Å²) in [5.74, 6) is 2.11. The van der Waals surface area contributed by atoms with Crippen molar-refractivity contribution in [2.24, 2.45) is 5.92 Å². The summed E-state index contributed by atoms with van der Waals surface area (Å²) in [4.78, 5) is 2.29. The summed E-state index contributed by atoms with van der Waals surface area (Å²) in [6.07, 6.45) is 5.41. The normalized spacial score (nSPS) is 15.5. The summed E-state index contributed by atoms with van der Waals surface area (Å²) in [6, 6.07) is 36.6. The van der Waals surface area contributed by atoms with Gasteiger partial charge in [0, 0.05) is 51.0 Å². The molecule has 3 heterocycles. The highest BCUT2D eigenvalue weighted by atomic mass is 16.5. The van der Waals surface area contributed by atoms with Crippen LogP contribution in [0.25, 0.3) is 27.7 Å². The second-order valence-electron chi connectivity index (χ2n) is 12.2. The molecule has 1 unspecified atom stereocenters. The lowest BCUT2D eigenvalue weighted by atomic mass is 9.33. The van der Waals surface area contributed by atoms with Crippen LogP contribution in [0.3, 0.4) is 0 Å². The number of benzene rings is 4. The number of fused-ring (bicyclic) bond motifs is 4. The number of hydrogen-bond donors (Lipinski definition) is 0. The van der Waals surface area contributed by atoms with Crippen LogP contribution in [0.15, 0.2) is 144 Å².